The molecule has 0 saturated carbocycles. The van der Waals surface area contributed by atoms with E-state index < -0.39 is 6.10 Å². The van der Waals surface area contributed by atoms with Gasteiger partial charge in [-0.05, 0) is 30.5 Å². The molecular formula is C22H28N2O4. The summed E-state index contributed by atoms with van der Waals surface area (Å²) >= 11 is 0. The smallest absolute Gasteiger partial charge is 0.273 e. The number of carbonyl (C=O) groups excluding carboxylic acids is 1. The van der Waals surface area contributed by atoms with Crippen molar-refractivity contribution in [3.63, 3.8) is 0 Å². The van der Waals surface area contributed by atoms with Gasteiger partial charge < -0.3 is 14.2 Å². The summed E-state index contributed by atoms with van der Waals surface area (Å²) in [6.45, 7) is 5.33. The first-order valence-electron chi connectivity index (χ1n) is 9.49. The van der Waals surface area contributed by atoms with E-state index in [1.807, 2.05) is 55.5 Å². The van der Waals surface area contributed by atoms with Gasteiger partial charge in [0.15, 0.2) is 6.10 Å². The van der Waals surface area contributed by atoms with Crippen LogP contribution in [0.15, 0.2) is 53.6 Å². The molecule has 6 nitrogen and oxygen atoms in total. The summed E-state index contributed by atoms with van der Waals surface area (Å²) in [5.41, 5.74) is 4.05. The third-order valence-corrected chi connectivity index (χ3v) is 3.87. The fourth-order valence-electron chi connectivity index (χ4n) is 2.51. The predicted molar refractivity (Wildman–Crippen MR) is 110 cm³/mol. The number of hydrogen-bond donors (Lipinski definition) is 1. The number of nitrogens with zero attached hydrogens (tertiary/aromatic N) is 1. The fraction of sp³-hybridized carbons (Fsp3) is 0.364. The van der Waals surface area contributed by atoms with E-state index in [-0.39, 0.29) is 5.91 Å². The lowest BCUT2D eigenvalue weighted by Gasteiger charge is -2.14. The van der Waals surface area contributed by atoms with Crippen LogP contribution >= 0.6 is 0 Å². The SMILES string of the molecule is CCCOc1ccc(C=NNC(=O)C(OC)c2ccccc2)c(OCCC)c1. The van der Waals surface area contributed by atoms with Crippen LogP contribution in [-0.2, 0) is 9.53 Å². The average molecular weight is 384 g/mol. The van der Waals surface area contributed by atoms with E-state index in [2.05, 4.69) is 17.5 Å². The maximum absolute atomic E-state index is 12.4. The van der Waals surface area contributed by atoms with E-state index in [9.17, 15) is 4.79 Å². The molecule has 1 amide bonds. The minimum absolute atomic E-state index is 0.344. The van der Waals surface area contributed by atoms with Gasteiger partial charge in [-0.1, -0.05) is 44.2 Å². The molecule has 28 heavy (non-hydrogen) atoms. The summed E-state index contributed by atoms with van der Waals surface area (Å²) in [7, 11) is 1.49. The van der Waals surface area contributed by atoms with Crippen LogP contribution in [0.4, 0.5) is 0 Å². The number of ether oxygens (including phenoxy) is 3. The van der Waals surface area contributed by atoms with Gasteiger partial charge in [-0.25, -0.2) is 5.43 Å². The van der Waals surface area contributed by atoms with Crippen molar-refractivity contribution >= 4 is 12.1 Å². The van der Waals surface area contributed by atoms with Gasteiger partial charge >= 0.3 is 0 Å². The molecule has 0 aliphatic carbocycles. The highest BCUT2D eigenvalue weighted by atomic mass is 16.5. The zero-order valence-electron chi connectivity index (χ0n) is 16.7. The Kier molecular flexibility index (Phi) is 9.01. The molecule has 1 atom stereocenters. The molecule has 1 unspecified atom stereocenters. The van der Waals surface area contributed by atoms with Gasteiger partial charge in [0, 0.05) is 18.7 Å². The summed E-state index contributed by atoms with van der Waals surface area (Å²) < 4.78 is 16.8. The highest BCUT2D eigenvalue weighted by Crippen LogP contribution is 2.24. The number of hydrazone groups is 1. The van der Waals surface area contributed by atoms with Crippen LogP contribution in [0.1, 0.15) is 43.9 Å². The molecule has 150 valence electrons. The number of rotatable bonds is 11. The Morgan fingerprint density at radius 3 is 2.46 bits per heavy atom. The number of amides is 1. The summed E-state index contributed by atoms with van der Waals surface area (Å²) in [6, 6.07) is 14.8. The molecule has 0 aromatic heterocycles. The highest BCUT2D eigenvalue weighted by molar-refractivity contribution is 5.87. The van der Waals surface area contributed by atoms with Crippen LogP contribution in [0.25, 0.3) is 0 Å². The molecule has 0 bridgehead atoms. The van der Waals surface area contributed by atoms with Crippen molar-refractivity contribution < 1.29 is 19.0 Å². The van der Waals surface area contributed by atoms with Crippen molar-refractivity contribution in [2.75, 3.05) is 20.3 Å². The normalized spacial score (nSPS) is 12.0. The van der Waals surface area contributed by atoms with Crippen molar-refractivity contribution in [1.82, 2.24) is 5.43 Å². The maximum atomic E-state index is 12.4. The van der Waals surface area contributed by atoms with Crippen LogP contribution in [0, 0.1) is 0 Å². The van der Waals surface area contributed by atoms with Crippen molar-refractivity contribution in [3.8, 4) is 11.5 Å². The van der Waals surface area contributed by atoms with Crippen LogP contribution in [0.5, 0.6) is 11.5 Å². The molecule has 1 N–H and O–H groups in total. The van der Waals surface area contributed by atoms with Gasteiger partial charge in [0.1, 0.15) is 11.5 Å². The summed E-state index contributed by atoms with van der Waals surface area (Å²) in [4.78, 5) is 12.4. The number of benzene rings is 2. The van der Waals surface area contributed by atoms with Crippen molar-refractivity contribution in [2.24, 2.45) is 5.10 Å². The summed E-state index contributed by atoms with van der Waals surface area (Å²) in [6.07, 6.45) is 2.66. The van der Waals surface area contributed by atoms with Crippen molar-refractivity contribution in [2.45, 2.75) is 32.8 Å². The van der Waals surface area contributed by atoms with Gasteiger partial charge in [-0.3, -0.25) is 4.79 Å². The first kappa shape index (κ1) is 21.4. The van der Waals surface area contributed by atoms with E-state index in [1.54, 1.807) is 6.21 Å². The lowest BCUT2D eigenvalue weighted by atomic mass is 10.1. The largest absolute Gasteiger partial charge is 0.493 e. The van der Waals surface area contributed by atoms with Crippen LogP contribution in [0.2, 0.25) is 0 Å². The van der Waals surface area contributed by atoms with E-state index in [1.165, 1.54) is 7.11 Å². The Balaban J connectivity index is 2.08. The molecule has 0 aliphatic heterocycles. The second kappa shape index (κ2) is 11.8. The number of nitrogens with one attached hydrogen (secondary N) is 1. The minimum Gasteiger partial charge on any atom is -0.493 e. The molecule has 6 heteroatoms. The third-order valence-electron chi connectivity index (χ3n) is 3.87. The van der Waals surface area contributed by atoms with E-state index in [0.717, 1.165) is 29.7 Å². The third kappa shape index (κ3) is 6.39. The molecule has 0 saturated heterocycles. The topological polar surface area (TPSA) is 69.2 Å². The zero-order valence-corrected chi connectivity index (χ0v) is 16.7. The lowest BCUT2D eigenvalue weighted by Crippen LogP contribution is -2.26. The Morgan fingerprint density at radius 2 is 1.79 bits per heavy atom. The molecule has 0 fully saturated rings. The fourth-order valence-corrected chi connectivity index (χ4v) is 2.51. The van der Waals surface area contributed by atoms with E-state index >= 15 is 0 Å². The Bertz CT molecular complexity index is 762. The quantitative estimate of drug-likeness (QED) is 0.468. The second-order valence-corrected chi connectivity index (χ2v) is 6.16. The molecule has 0 heterocycles. The standard InChI is InChI=1S/C22H28N2O4/c1-4-13-27-19-12-11-18(20(15-19)28-14-5-2)16-23-24-22(25)21(26-3)17-9-7-6-8-10-17/h6-12,15-16,21H,4-5,13-14H2,1-3H3,(H,24,25). The summed E-state index contributed by atoms with van der Waals surface area (Å²) in [5.74, 6) is 1.07. The van der Waals surface area contributed by atoms with Crippen LogP contribution < -0.4 is 14.9 Å². The molecule has 2 aromatic carbocycles. The number of methoxy groups -OCH3 is 1. The lowest BCUT2D eigenvalue weighted by molar-refractivity contribution is -0.131. The van der Waals surface area contributed by atoms with Crippen molar-refractivity contribution in [3.05, 3.63) is 59.7 Å². The second-order valence-electron chi connectivity index (χ2n) is 6.16. The molecule has 0 spiro atoms. The van der Waals surface area contributed by atoms with Gasteiger partial charge in [0.2, 0.25) is 0 Å². The average Bonchev–Trinajstić information content (AvgIpc) is 2.73. The Hall–Kier alpha value is -2.86. The zero-order chi connectivity index (χ0) is 20.2. The Labute approximate surface area is 166 Å². The molecule has 0 radical (unpaired) electrons. The number of carbonyl (C=O) groups is 1. The molecule has 0 aliphatic rings. The first-order chi connectivity index (χ1) is 13.7. The van der Waals surface area contributed by atoms with Gasteiger partial charge in [-0.2, -0.15) is 5.10 Å². The minimum atomic E-state index is -0.723. The first-order valence-corrected chi connectivity index (χ1v) is 9.49. The Morgan fingerprint density at radius 1 is 1.07 bits per heavy atom. The molecule has 2 aromatic rings. The van der Waals surface area contributed by atoms with Crippen molar-refractivity contribution in [1.29, 1.82) is 0 Å². The van der Waals surface area contributed by atoms with Gasteiger partial charge in [-0.15, -0.1) is 0 Å². The number of hydrogen-bond acceptors (Lipinski definition) is 5. The van der Waals surface area contributed by atoms with E-state index in [4.69, 9.17) is 14.2 Å². The van der Waals surface area contributed by atoms with Crippen LogP contribution in [-0.4, -0.2) is 32.4 Å². The molecule has 2 rings (SSSR count). The summed E-state index contributed by atoms with van der Waals surface area (Å²) in [5, 5.41) is 4.07. The monoisotopic (exact) mass is 384 g/mol. The van der Waals surface area contributed by atoms with Gasteiger partial charge in [0.25, 0.3) is 5.91 Å². The molecular weight excluding hydrogens is 356 g/mol. The van der Waals surface area contributed by atoms with Gasteiger partial charge in [0.05, 0.1) is 19.4 Å². The predicted octanol–water partition coefficient (Wildman–Crippen LogP) is 4.10. The van der Waals surface area contributed by atoms with Crippen LogP contribution in [0.3, 0.4) is 0 Å². The maximum Gasteiger partial charge on any atom is 0.273 e. The van der Waals surface area contributed by atoms with E-state index in [0.29, 0.717) is 19.0 Å². The highest BCUT2D eigenvalue weighted by Gasteiger charge is 2.19.